The molecule has 0 radical (unpaired) electrons. The normalized spacial score (nSPS) is 9.90. The van der Waals surface area contributed by atoms with Gasteiger partial charge in [-0.25, -0.2) is 4.98 Å². The van der Waals surface area contributed by atoms with E-state index in [1.165, 1.54) is 36.4 Å². The molecule has 0 spiro atoms. The van der Waals surface area contributed by atoms with Crippen LogP contribution in [0.3, 0.4) is 0 Å². The molecule has 106 valence electrons. The van der Waals surface area contributed by atoms with E-state index in [4.69, 9.17) is 0 Å². The van der Waals surface area contributed by atoms with Gasteiger partial charge in [-0.3, -0.25) is 25.0 Å². The van der Waals surface area contributed by atoms with Crippen molar-refractivity contribution in [2.45, 2.75) is 0 Å². The van der Waals surface area contributed by atoms with E-state index in [1.54, 1.807) is 0 Å². The maximum absolute atomic E-state index is 11.9. The van der Waals surface area contributed by atoms with Gasteiger partial charge in [-0.05, 0) is 18.2 Å². The fraction of sp³-hybridized carbons (Fsp3) is 0. The minimum Gasteiger partial charge on any atom is -0.307 e. The molecule has 0 fully saturated rings. The highest BCUT2D eigenvalue weighted by Gasteiger charge is 2.11. The van der Waals surface area contributed by atoms with Crippen molar-refractivity contribution >= 4 is 23.1 Å². The van der Waals surface area contributed by atoms with Crippen molar-refractivity contribution in [2.24, 2.45) is 0 Å². The lowest BCUT2D eigenvalue weighted by Crippen LogP contribution is -2.12. The second-order valence-electron chi connectivity index (χ2n) is 3.92. The van der Waals surface area contributed by atoms with E-state index in [0.29, 0.717) is 0 Å². The molecule has 21 heavy (non-hydrogen) atoms. The molecule has 0 atom stereocenters. The number of pyridine rings is 1. The Morgan fingerprint density at radius 1 is 0.952 bits per heavy atom. The van der Waals surface area contributed by atoms with Crippen LogP contribution in [0.15, 0.2) is 42.6 Å². The quantitative estimate of drug-likeness (QED) is 0.677. The minimum absolute atomic E-state index is 0.125. The number of amides is 1. The summed E-state index contributed by atoms with van der Waals surface area (Å²) in [5.41, 5.74) is -0.107. The average molecular weight is 288 g/mol. The van der Waals surface area contributed by atoms with Crippen molar-refractivity contribution < 1.29 is 14.6 Å². The van der Waals surface area contributed by atoms with Crippen LogP contribution in [-0.4, -0.2) is 20.7 Å². The molecule has 1 N–H and O–H groups in total. The molecule has 0 bridgehead atoms. The Labute approximate surface area is 117 Å². The lowest BCUT2D eigenvalue weighted by molar-refractivity contribution is -0.385. The molecular formula is C12H8N4O5. The summed E-state index contributed by atoms with van der Waals surface area (Å²) in [4.78, 5) is 35.4. The molecule has 1 aromatic carbocycles. The summed E-state index contributed by atoms with van der Waals surface area (Å²) in [5.74, 6) is -0.379. The first-order valence-electron chi connectivity index (χ1n) is 5.63. The van der Waals surface area contributed by atoms with Gasteiger partial charge in [-0.1, -0.05) is 0 Å². The van der Waals surface area contributed by atoms with Gasteiger partial charge in [0.25, 0.3) is 17.3 Å². The summed E-state index contributed by atoms with van der Waals surface area (Å²) in [5, 5.41) is 23.4. The van der Waals surface area contributed by atoms with Crippen molar-refractivity contribution in [2.75, 3.05) is 5.32 Å². The Hall–Kier alpha value is -3.36. The third-order valence-corrected chi connectivity index (χ3v) is 2.54. The van der Waals surface area contributed by atoms with E-state index in [1.807, 2.05) is 0 Å². The number of benzene rings is 1. The Morgan fingerprint density at radius 2 is 1.52 bits per heavy atom. The van der Waals surface area contributed by atoms with E-state index in [0.717, 1.165) is 6.20 Å². The van der Waals surface area contributed by atoms with Crippen molar-refractivity contribution in [3.8, 4) is 0 Å². The van der Waals surface area contributed by atoms with E-state index < -0.39 is 15.8 Å². The highest BCUT2D eigenvalue weighted by Crippen LogP contribution is 2.15. The standard InChI is InChI=1S/C12H8N4O5/c17-12(8-1-3-9(4-2-8)15(18)19)14-11-6-5-10(7-13-11)16(20)21/h1-7H,(H,13,14,17). The van der Waals surface area contributed by atoms with Crippen LogP contribution in [0.4, 0.5) is 17.2 Å². The summed E-state index contributed by atoms with van der Waals surface area (Å²) in [6.07, 6.45) is 1.02. The molecule has 1 heterocycles. The van der Waals surface area contributed by atoms with Crippen LogP contribution in [0.1, 0.15) is 10.4 Å². The monoisotopic (exact) mass is 288 g/mol. The first-order valence-corrected chi connectivity index (χ1v) is 5.63. The number of anilines is 1. The number of nitro benzene ring substituents is 1. The number of nitrogens with one attached hydrogen (secondary N) is 1. The number of hydrogen-bond donors (Lipinski definition) is 1. The number of rotatable bonds is 4. The largest absolute Gasteiger partial charge is 0.307 e. The molecular weight excluding hydrogens is 280 g/mol. The van der Waals surface area contributed by atoms with Crippen LogP contribution < -0.4 is 5.32 Å². The van der Waals surface area contributed by atoms with Gasteiger partial charge < -0.3 is 5.32 Å². The van der Waals surface area contributed by atoms with E-state index >= 15 is 0 Å². The Morgan fingerprint density at radius 3 is 2.00 bits per heavy atom. The Bertz CT molecular complexity index is 697. The molecule has 0 saturated carbocycles. The van der Waals surface area contributed by atoms with Gasteiger partial charge in [0.05, 0.1) is 9.85 Å². The van der Waals surface area contributed by atoms with Gasteiger partial charge in [0, 0.05) is 23.8 Å². The van der Waals surface area contributed by atoms with Crippen LogP contribution in [-0.2, 0) is 0 Å². The highest BCUT2D eigenvalue weighted by atomic mass is 16.6. The van der Waals surface area contributed by atoms with Crippen LogP contribution >= 0.6 is 0 Å². The second kappa shape index (κ2) is 5.74. The van der Waals surface area contributed by atoms with Gasteiger partial charge in [-0.2, -0.15) is 0 Å². The molecule has 2 rings (SSSR count). The minimum atomic E-state index is -0.602. The summed E-state index contributed by atoms with van der Waals surface area (Å²) < 4.78 is 0. The molecule has 0 unspecified atom stereocenters. The molecule has 0 aliphatic heterocycles. The predicted octanol–water partition coefficient (Wildman–Crippen LogP) is 2.15. The topological polar surface area (TPSA) is 128 Å². The van der Waals surface area contributed by atoms with Gasteiger partial charge in [0.1, 0.15) is 12.0 Å². The number of nitrogens with zero attached hydrogens (tertiary/aromatic N) is 3. The zero-order valence-corrected chi connectivity index (χ0v) is 10.4. The second-order valence-corrected chi connectivity index (χ2v) is 3.92. The smallest absolute Gasteiger partial charge is 0.287 e. The van der Waals surface area contributed by atoms with E-state index in [9.17, 15) is 25.0 Å². The number of carbonyl (C=O) groups excluding carboxylic acids is 1. The van der Waals surface area contributed by atoms with Gasteiger partial charge in [-0.15, -0.1) is 0 Å². The highest BCUT2D eigenvalue weighted by molar-refractivity contribution is 6.03. The first-order chi connectivity index (χ1) is 9.97. The van der Waals surface area contributed by atoms with Crippen LogP contribution in [0.25, 0.3) is 0 Å². The summed E-state index contributed by atoms with van der Waals surface area (Å²) in [7, 11) is 0. The van der Waals surface area contributed by atoms with Crippen molar-refractivity contribution in [3.05, 3.63) is 68.4 Å². The Kier molecular flexibility index (Phi) is 3.84. The van der Waals surface area contributed by atoms with Crippen molar-refractivity contribution in [1.82, 2.24) is 4.98 Å². The summed E-state index contributed by atoms with van der Waals surface area (Å²) >= 11 is 0. The number of carbonyl (C=O) groups is 1. The fourth-order valence-corrected chi connectivity index (χ4v) is 1.49. The summed E-state index contributed by atoms with van der Waals surface area (Å²) in [6.45, 7) is 0. The van der Waals surface area contributed by atoms with Crippen LogP contribution in [0.5, 0.6) is 0 Å². The van der Waals surface area contributed by atoms with E-state index in [2.05, 4.69) is 10.3 Å². The van der Waals surface area contributed by atoms with Gasteiger partial charge >= 0.3 is 0 Å². The molecule has 9 heteroatoms. The zero-order chi connectivity index (χ0) is 15.4. The lowest BCUT2D eigenvalue weighted by Gasteiger charge is -2.03. The molecule has 0 saturated heterocycles. The Balaban J connectivity index is 2.10. The number of hydrogen-bond acceptors (Lipinski definition) is 6. The van der Waals surface area contributed by atoms with Crippen LogP contribution in [0, 0.1) is 20.2 Å². The van der Waals surface area contributed by atoms with Crippen molar-refractivity contribution in [3.63, 3.8) is 0 Å². The van der Waals surface area contributed by atoms with Gasteiger partial charge in [0.15, 0.2) is 0 Å². The fourth-order valence-electron chi connectivity index (χ4n) is 1.49. The number of aromatic nitrogens is 1. The number of non-ortho nitro benzene ring substituents is 1. The molecule has 1 aromatic heterocycles. The summed E-state index contributed by atoms with van der Waals surface area (Å²) in [6, 6.07) is 7.52. The van der Waals surface area contributed by atoms with E-state index in [-0.39, 0.29) is 22.8 Å². The van der Waals surface area contributed by atoms with Crippen LogP contribution in [0.2, 0.25) is 0 Å². The molecule has 2 aromatic rings. The maximum Gasteiger partial charge on any atom is 0.287 e. The number of nitro groups is 2. The zero-order valence-electron chi connectivity index (χ0n) is 10.4. The molecule has 0 aliphatic carbocycles. The predicted molar refractivity (Wildman–Crippen MR) is 71.9 cm³/mol. The third-order valence-electron chi connectivity index (χ3n) is 2.54. The SMILES string of the molecule is O=C(Nc1ccc([N+](=O)[O-])cn1)c1ccc([N+](=O)[O-])cc1. The lowest BCUT2D eigenvalue weighted by atomic mass is 10.2. The molecule has 9 nitrogen and oxygen atoms in total. The van der Waals surface area contributed by atoms with Gasteiger partial charge in [0.2, 0.25) is 0 Å². The molecule has 0 aliphatic rings. The molecule has 1 amide bonds. The van der Waals surface area contributed by atoms with Crippen molar-refractivity contribution in [1.29, 1.82) is 0 Å². The average Bonchev–Trinajstić information content (AvgIpc) is 2.47. The maximum atomic E-state index is 11.9. The third kappa shape index (κ3) is 3.35. The first kappa shape index (κ1) is 14.1.